The number of carbonyl (C=O) groups is 2. The molecule has 1 aromatic heterocycles. The zero-order valence-corrected chi connectivity index (χ0v) is 16.4. The summed E-state index contributed by atoms with van der Waals surface area (Å²) >= 11 is 13.2. The molecule has 2 aromatic rings. The van der Waals surface area contributed by atoms with Gasteiger partial charge in [0.15, 0.2) is 0 Å². The summed E-state index contributed by atoms with van der Waals surface area (Å²) in [4.78, 5) is 28.2. The van der Waals surface area contributed by atoms with Crippen LogP contribution in [0.4, 0.5) is 5.69 Å². The van der Waals surface area contributed by atoms with Gasteiger partial charge >= 0.3 is 0 Å². The lowest BCUT2D eigenvalue weighted by atomic mass is 10.0. The molecule has 0 saturated carbocycles. The number of carbonyl (C=O) groups excluding carboxylic acids is 2. The SMILES string of the molecule is CC(=O)N[C@@H](CC(C)C)c1nc(C(=O)Nc2ccc(Cl)c(Cl)c2)cs1. The molecule has 0 bridgehead atoms. The summed E-state index contributed by atoms with van der Waals surface area (Å²) in [7, 11) is 0. The Morgan fingerprint density at radius 2 is 1.96 bits per heavy atom. The van der Waals surface area contributed by atoms with Gasteiger partial charge in [-0.25, -0.2) is 4.98 Å². The first-order valence-corrected chi connectivity index (χ1v) is 9.38. The molecule has 1 heterocycles. The first-order chi connectivity index (χ1) is 11.8. The standard InChI is InChI=1S/C17H19Cl2N3O2S/c1-9(2)6-14(20-10(3)23)17-22-15(8-25-17)16(24)21-11-4-5-12(18)13(19)7-11/h4-5,7-9,14H,6H2,1-3H3,(H,20,23)(H,21,24)/t14-/m0/s1. The molecule has 25 heavy (non-hydrogen) atoms. The van der Waals surface area contributed by atoms with E-state index in [2.05, 4.69) is 29.5 Å². The third kappa shape index (κ3) is 5.70. The number of thiazole rings is 1. The predicted octanol–water partition coefficient (Wildman–Crippen LogP) is 4.93. The van der Waals surface area contributed by atoms with Gasteiger partial charge in [0.2, 0.25) is 5.91 Å². The summed E-state index contributed by atoms with van der Waals surface area (Å²) in [5.74, 6) is -0.0797. The highest BCUT2D eigenvalue weighted by Gasteiger charge is 2.20. The number of hydrogen-bond acceptors (Lipinski definition) is 4. The average Bonchev–Trinajstić information content (AvgIpc) is 2.99. The maximum atomic E-state index is 12.4. The molecular weight excluding hydrogens is 381 g/mol. The summed E-state index contributed by atoms with van der Waals surface area (Å²) in [5, 5.41) is 8.79. The number of benzene rings is 1. The molecule has 0 fully saturated rings. The third-order valence-corrected chi connectivity index (χ3v) is 5.01. The number of hydrogen-bond donors (Lipinski definition) is 2. The second-order valence-corrected chi connectivity index (χ2v) is 7.74. The van der Waals surface area contributed by atoms with Gasteiger partial charge in [-0.15, -0.1) is 11.3 Å². The number of halogens is 2. The number of nitrogens with one attached hydrogen (secondary N) is 2. The van der Waals surface area contributed by atoms with Crippen LogP contribution >= 0.6 is 34.5 Å². The van der Waals surface area contributed by atoms with Gasteiger partial charge in [0.05, 0.1) is 16.1 Å². The molecule has 0 aliphatic carbocycles. The minimum absolute atomic E-state index is 0.123. The molecule has 134 valence electrons. The molecule has 8 heteroatoms. The van der Waals surface area contributed by atoms with E-state index in [-0.39, 0.29) is 17.9 Å². The van der Waals surface area contributed by atoms with Gasteiger partial charge < -0.3 is 10.6 Å². The van der Waals surface area contributed by atoms with Crippen molar-refractivity contribution in [1.82, 2.24) is 10.3 Å². The maximum Gasteiger partial charge on any atom is 0.275 e. The van der Waals surface area contributed by atoms with Crippen molar-refractivity contribution in [2.24, 2.45) is 5.92 Å². The molecule has 5 nitrogen and oxygen atoms in total. The van der Waals surface area contributed by atoms with Crippen molar-refractivity contribution in [1.29, 1.82) is 0 Å². The highest BCUT2D eigenvalue weighted by Crippen LogP contribution is 2.27. The van der Waals surface area contributed by atoms with Crippen molar-refractivity contribution in [3.63, 3.8) is 0 Å². The Hall–Kier alpha value is -1.63. The summed E-state index contributed by atoms with van der Waals surface area (Å²) in [6.45, 7) is 5.61. The van der Waals surface area contributed by atoms with Crippen LogP contribution in [0.25, 0.3) is 0 Å². The van der Waals surface area contributed by atoms with E-state index >= 15 is 0 Å². The van der Waals surface area contributed by atoms with Crippen LogP contribution in [0, 0.1) is 5.92 Å². The van der Waals surface area contributed by atoms with Crippen molar-refractivity contribution in [3.05, 3.63) is 44.3 Å². The van der Waals surface area contributed by atoms with E-state index in [1.807, 2.05) is 0 Å². The zero-order valence-electron chi connectivity index (χ0n) is 14.1. The molecule has 1 aromatic carbocycles. The average molecular weight is 400 g/mol. The second kappa shape index (κ2) is 8.65. The summed E-state index contributed by atoms with van der Waals surface area (Å²) < 4.78 is 0. The zero-order chi connectivity index (χ0) is 18.6. The van der Waals surface area contributed by atoms with Gasteiger partial charge in [-0.05, 0) is 30.5 Å². The minimum Gasteiger partial charge on any atom is -0.347 e. The minimum atomic E-state index is -0.341. The van der Waals surface area contributed by atoms with Crippen LogP contribution in [-0.4, -0.2) is 16.8 Å². The molecule has 0 saturated heterocycles. The van der Waals surface area contributed by atoms with Crippen molar-refractivity contribution in [2.45, 2.75) is 33.2 Å². The number of amides is 2. The first kappa shape index (κ1) is 19.7. The Balaban J connectivity index is 2.13. The van der Waals surface area contributed by atoms with Crippen LogP contribution in [-0.2, 0) is 4.79 Å². The molecule has 0 unspecified atom stereocenters. The van der Waals surface area contributed by atoms with E-state index in [0.717, 1.165) is 6.42 Å². The van der Waals surface area contributed by atoms with Gasteiger partial charge in [-0.2, -0.15) is 0 Å². The second-order valence-electron chi connectivity index (χ2n) is 6.04. The van der Waals surface area contributed by atoms with Crippen molar-refractivity contribution < 1.29 is 9.59 Å². The summed E-state index contributed by atoms with van der Waals surface area (Å²) in [6, 6.07) is 4.65. The molecule has 0 spiro atoms. The Kier molecular flexibility index (Phi) is 6.81. The van der Waals surface area contributed by atoms with E-state index in [0.29, 0.717) is 32.4 Å². The topological polar surface area (TPSA) is 71.1 Å². The summed E-state index contributed by atoms with van der Waals surface area (Å²) in [6.07, 6.45) is 0.751. The largest absolute Gasteiger partial charge is 0.347 e. The lowest BCUT2D eigenvalue weighted by Gasteiger charge is -2.17. The highest BCUT2D eigenvalue weighted by atomic mass is 35.5. The third-order valence-electron chi connectivity index (χ3n) is 3.31. The molecule has 2 N–H and O–H groups in total. The van der Waals surface area contributed by atoms with Crippen LogP contribution in [0.2, 0.25) is 10.0 Å². The Bertz CT molecular complexity index is 777. The molecule has 2 amide bonds. The van der Waals surface area contributed by atoms with E-state index in [1.54, 1.807) is 23.6 Å². The van der Waals surface area contributed by atoms with Crippen LogP contribution in [0.1, 0.15) is 48.7 Å². The number of nitrogens with zero attached hydrogens (tertiary/aromatic N) is 1. The van der Waals surface area contributed by atoms with Gasteiger partial charge in [-0.3, -0.25) is 9.59 Å². The Labute approximate surface area is 160 Å². The van der Waals surface area contributed by atoms with Gasteiger partial charge in [0.1, 0.15) is 10.7 Å². The van der Waals surface area contributed by atoms with E-state index in [1.165, 1.54) is 18.3 Å². The number of anilines is 1. The van der Waals surface area contributed by atoms with E-state index in [4.69, 9.17) is 23.2 Å². The normalized spacial score (nSPS) is 12.1. The van der Waals surface area contributed by atoms with Crippen LogP contribution in [0.3, 0.4) is 0 Å². The Morgan fingerprint density at radius 1 is 1.24 bits per heavy atom. The molecule has 0 aliphatic rings. The molecular formula is C17H19Cl2N3O2S. The molecule has 2 rings (SSSR count). The molecule has 1 atom stereocenters. The Morgan fingerprint density at radius 3 is 2.56 bits per heavy atom. The predicted molar refractivity (Wildman–Crippen MR) is 103 cm³/mol. The molecule has 0 aliphatic heterocycles. The fourth-order valence-corrected chi connectivity index (χ4v) is 3.42. The van der Waals surface area contributed by atoms with Gasteiger partial charge in [-0.1, -0.05) is 37.0 Å². The lowest BCUT2D eigenvalue weighted by Crippen LogP contribution is -2.27. The molecule has 0 radical (unpaired) electrons. The fraction of sp³-hybridized carbons (Fsp3) is 0.353. The van der Waals surface area contributed by atoms with Gasteiger partial charge in [0.25, 0.3) is 5.91 Å². The lowest BCUT2D eigenvalue weighted by molar-refractivity contribution is -0.119. The van der Waals surface area contributed by atoms with Crippen LogP contribution in [0.15, 0.2) is 23.6 Å². The van der Waals surface area contributed by atoms with Crippen molar-refractivity contribution in [2.75, 3.05) is 5.32 Å². The summed E-state index contributed by atoms with van der Waals surface area (Å²) in [5.41, 5.74) is 0.833. The highest BCUT2D eigenvalue weighted by molar-refractivity contribution is 7.10. The van der Waals surface area contributed by atoms with Crippen LogP contribution in [0.5, 0.6) is 0 Å². The quantitative estimate of drug-likeness (QED) is 0.723. The van der Waals surface area contributed by atoms with Gasteiger partial charge in [0, 0.05) is 18.0 Å². The van der Waals surface area contributed by atoms with Crippen molar-refractivity contribution in [3.8, 4) is 0 Å². The smallest absolute Gasteiger partial charge is 0.275 e. The maximum absolute atomic E-state index is 12.4. The number of rotatable bonds is 6. The van der Waals surface area contributed by atoms with E-state index in [9.17, 15) is 9.59 Å². The van der Waals surface area contributed by atoms with E-state index < -0.39 is 0 Å². The fourth-order valence-electron chi connectivity index (χ4n) is 2.26. The number of aromatic nitrogens is 1. The van der Waals surface area contributed by atoms with Crippen LogP contribution < -0.4 is 10.6 Å². The van der Waals surface area contributed by atoms with Crippen molar-refractivity contribution >= 4 is 52.0 Å². The monoisotopic (exact) mass is 399 g/mol. The first-order valence-electron chi connectivity index (χ1n) is 7.75.